The molecule has 0 aliphatic heterocycles. The van der Waals surface area contributed by atoms with Crippen LogP contribution in [0.15, 0.2) is 0 Å². The van der Waals surface area contributed by atoms with Gasteiger partial charge in [0.1, 0.15) is 0 Å². The van der Waals surface area contributed by atoms with Gasteiger partial charge in [-0.05, 0) is 42.4 Å². The molecule has 0 bridgehead atoms. The summed E-state index contributed by atoms with van der Waals surface area (Å²) in [5, 5.41) is 0. The minimum atomic E-state index is 0.893. The van der Waals surface area contributed by atoms with Gasteiger partial charge in [-0.2, -0.15) is 0 Å². The Morgan fingerprint density at radius 1 is 1.14 bits per heavy atom. The van der Waals surface area contributed by atoms with Gasteiger partial charge in [0.2, 0.25) is 0 Å². The van der Waals surface area contributed by atoms with Crippen LogP contribution in [0.25, 0.3) is 0 Å². The zero-order chi connectivity index (χ0) is 10.7. The highest BCUT2D eigenvalue weighted by Gasteiger charge is 2.33. The summed E-state index contributed by atoms with van der Waals surface area (Å²) in [4.78, 5) is 0. The average molecular weight is 196 g/mol. The maximum atomic E-state index is 2.47. The highest BCUT2D eigenvalue weighted by molar-refractivity contribution is 4.83. The van der Waals surface area contributed by atoms with E-state index in [1.54, 1.807) is 0 Å². The molecule has 0 amide bonds. The second-order valence-corrected chi connectivity index (χ2v) is 5.86. The normalized spacial score (nSPS) is 39.0. The first-order valence-electron chi connectivity index (χ1n) is 6.56. The molecule has 1 fully saturated rings. The van der Waals surface area contributed by atoms with Crippen LogP contribution in [-0.4, -0.2) is 0 Å². The lowest BCUT2D eigenvalue weighted by atomic mass is 9.65. The van der Waals surface area contributed by atoms with E-state index in [2.05, 4.69) is 34.6 Å². The van der Waals surface area contributed by atoms with Crippen LogP contribution >= 0.6 is 0 Å². The highest BCUT2D eigenvalue weighted by atomic mass is 14.4. The maximum Gasteiger partial charge on any atom is -0.0383 e. The molecule has 14 heavy (non-hydrogen) atoms. The van der Waals surface area contributed by atoms with Gasteiger partial charge < -0.3 is 0 Å². The van der Waals surface area contributed by atoms with Crippen LogP contribution in [-0.2, 0) is 0 Å². The minimum absolute atomic E-state index is 0.893. The van der Waals surface area contributed by atoms with Gasteiger partial charge in [0.05, 0.1) is 0 Å². The van der Waals surface area contributed by atoms with E-state index in [9.17, 15) is 0 Å². The molecule has 1 aliphatic rings. The van der Waals surface area contributed by atoms with Crippen LogP contribution in [0.1, 0.15) is 60.3 Å². The Morgan fingerprint density at radius 3 is 2.29 bits per heavy atom. The van der Waals surface area contributed by atoms with Crippen molar-refractivity contribution in [1.29, 1.82) is 0 Å². The van der Waals surface area contributed by atoms with Crippen LogP contribution in [0.5, 0.6) is 0 Å². The molecule has 0 spiro atoms. The van der Waals surface area contributed by atoms with Crippen molar-refractivity contribution in [1.82, 2.24) is 0 Å². The standard InChI is InChI=1S/C14H28/c1-6-7-13-9-14(10(2)3)8-11(4)12(13)5/h10-14H,6-9H2,1-5H3. The smallest absolute Gasteiger partial charge is 0.0383 e. The third-order valence-corrected chi connectivity index (χ3v) is 4.52. The van der Waals surface area contributed by atoms with Crippen molar-refractivity contribution < 1.29 is 0 Å². The van der Waals surface area contributed by atoms with Crippen molar-refractivity contribution in [3.63, 3.8) is 0 Å². The summed E-state index contributed by atoms with van der Waals surface area (Å²) in [6, 6.07) is 0. The van der Waals surface area contributed by atoms with E-state index in [-0.39, 0.29) is 0 Å². The first-order valence-corrected chi connectivity index (χ1v) is 6.56. The monoisotopic (exact) mass is 196 g/mol. The lowest BCUT2D eigenvalue weighted by Crippen LogP contribution is -2.31. The summed E-state index contributed by atoms with van der Waals surface area (Å²) in [6.45, 7) is 12.1. The Morgan fingerprint density at radius 2 is 1.79 bits per heavy atom. The van der Waals surface area contributed by atoms with Crippen LogP contribution in [0.2, 0.25) is 0 Å². The zero-order valence-corrected chi connectivity index (χ0v) is 10.7. The van der Waals surface area contributed by atoms with Gasteiger partial charge in [-0.25, -0.2) is 0 Å². The number of hydrogen-bond acceptors (Lipinski definition) is 0. The summed E-state index contributed by atoms with van der Waals surface area (Å²) in [7, 11) is 0. The lowest BCUT2D eigenvalue weighted by Gasteiger charge is -2.40. The average Bonchev–Trinajstić information content (AvgIpc) is 2.12. The zero-order valence-electron chi connectivity index (χ0n) is 10.7. The molecule has 0 aromatic rings. The van der Waals surface area contributed by atoms with Crippen molar-refractivity contribution in [3.05, 3.63) is 0 Å². The molecular weight excluding hydrogens is 168 g/mol. The van der Waals surface area contributed by atoms with Gasteiger partial charge >= 0.3 is 0 Å². The molecule has 1 rings (SSSR count). The van der Waals surface area contributed by atoms with E-state index >= 15 is 0 Å². The van der Waals surface area contributed by atoms with Crippen molar-refractivity contribution in [3.8, 4) is 0 Å². The molecule has 0 aromatic heterocycles. The SMILES string of the molecule is CCCC1CC(C(C)C)CC(C)C1C. The van der Waals surface area contributed by atoms with Crippen LogP contribution in [0, 0.1) is 29.6 Å². The van der Waals surface area contributed by atoms with Gasteiger partial charge in [-0.3, -0.25) is 0 Å². The van der Waals surface area contributed by atoms with Crippen molar-refractivity contribution in [2.75, 3.05) is 0 Å². The van der Waals surface area contributed by atoms with Crippen molar-refractivity contribution in [2.45, 2.75) is 60.3 Å². The number of rotatable bonds is 3. The predicted octanol–water partition coefficient (Wildman–Crippen LogP) is 4.74. The Kier molecular flexibility index (Phi) is 4.47. The van der Waals surface area contributed by atoms with E-state index in [0.717, 1.165) is 29.6 Å². The highest BCUT2D eigenvalue weighted by Crippen LogP contribution is 2.42. The topological polar surface area (TPSA) is 0 Å². The van der Waals surface area contributed by atoms with Gasteiger partial charge in [-0.15, -0.1) is 0 Å². The first kappa shape index (κ1) is 12.1. The van der Waals surface area contributed by atoms with Crippen molar-refractivity contribution >= 4 is 0 Å². The van der Waals surface area contributed by atoms with Crippen LogP contribution in [0.4, 0.5) is 0 Å². The third-order valence-electron chi connectivity index (χ3n) is 4.52. The molecule has 4 atom stereocenters. The largest absolute Gasteiger partial charge is 0.0654 e. The fourth-order valence-electron chi connectivity index (χ4n) is 3.15. The van der Waals surface area contributed by atoms with E-state index < -0.39 is 0 Å². The van der Waals surface area contributed by atoms with Gasteiger partial charge in [-0.1, -0.05) is 47.5 Å². The van der Waals surface area contributed by atoms with Gasteiger partial charge in [0, 0.05) is 0 Å². The van der Waals surface area contributed by atoms with E-state index in [4.69, 9.17) is 0 Å². The minimum Gasteiger partial charge on any atom is -0.0654 e. The van der Waals surface area contributed by atoms with E-state index in [1.807, 2.05) is 0 Å². The molecule has 0 nitrogen and oxygen atoms in total. The maximum absolute atomic E-state index is 2.47. The second kappa shape index (κ2) is 5.19. The molecule has 0 radical (unpaired) electrons. The van der Waals surface area contributed by atoms with E-state index in [0.29, 0.717) is 0 Å². The second-order valence-electron chi connectivity index (χ2n) is 5.86. The first-order chi connectivity index (χ1) is 6.56. The molecule has 0 aromatic carbocycles. The molecule has 0 N–H and O–H groups in total. The predicted molar refractivity (Wildman–Crippen MR) is 64.3 cm³/mol. The summed E-state index contributed by atoms with van der Waals surface area (Å²) in [5.41, 5.74) is 0. The summed E-state index contributed by atoms with van der Waals surface area (Å²) in [6.07, 6.45) is 5.79. The molecule has 1 saturated carbocycles. The Balaban J connectivity index is 2.56. The number of hydrogen-bond donors (Lipinski definition) is 0. The Labute approximate surface area is 90.5 Å². The van der Waals surface area contributed by atoms with E-state index in [1.165, 1.54) is 25.7 Å². The summed E-state index contributed by atoms with van der Waals surface area (Å²) < 4.78 is 0. The third kappa shape index (κ3) is 2.74. The molecular formula is C14H28. The Hall–Kier alpha value is 0. The molecule has 84 valence electrons. The van der Waals surface area contributed by atoms with Gasteiger partial charge in [0.15, 0.2) is 0 Å². The Bertz CT molecular complexity index is 159. The van der Waals surface area contributed by atoms with Crippen LogP contribution in [0.3, 0.4) is 0 Å². The lowest BCUT2D eigenvalue weighted by molar-refractivity contribution is 0.0969. The fraction of sp³-hybridized carbons (Fsp3) is 1.00. The molecule has 0 heterocycles. The van der Waals surface area contributed by atoms with Crippen LogP contribution < -0.4 is 0 Å². The summed E-state index contributed by atoms with van der Waals surface area (Å²) in [5.74, 6) is 4.82. The molecule has 1 aliphatic carbocycles. The van der Waals surface area contributed by atoms with Crippen molar-refractivity contribution in [2.24, 2.45) is 29.6 Å². The van der Waals surface area contributed by atoms with Gasteiger partial charge in [0.25, 0.3) is 0 Å². The fourth-order valence-corrected chi connectivity index (χ4v) is 3.15. The summed E-state index contributed by atoms with van der Waals surface area (Å²) >= 11 is 0. The molecule has 0 saturated heterocycles. The molecule has 0 heteroatoms. The quantitative estimate of drug-likeness (QED) is 0.611. The molecule has 4 unspecified atom stereocenters.